The van der Waals surface area contributed by atoms with Crippen LogP contribution < -0.4 is 15.2 Å². The van der Waals surface area contributed by atoms with Crippen LogP contribution >= 0.6 is 0 Å². The molecule has 0 aliphatic carbocycles. The molecule has 1 aliphatic heterocycles. The summed E-state index contributed by atoms with van der Waals surface area (Å²) in [5, 5.41) is 4.04. The monoisotopic (exact) mass is 477 g/mol. The number of fused-ring (bicyclic) bond motifs is 1. The lowest BCUT2D eigenvalue weighted by Gasteiger charge is -2.32. The minimum atomic E-state index is -0.0994. The van der Waals surface area contributed by atoms with Crippen LogP contribution in [0.5, 0.6) is 11.5 Å². The topological polar surface area (TPSA) is 115 Å². The average molecular weight is 478 g/mol. The summed E-state index contributed by atoms with van der Waals surface area (Å²) in [6, 6.07) is 13.1. The normalized spacial score (nSPS) is 14.4. The van der Waals surface area contributed by atoms with E-state index in [1.165, 1.54) is 0 Å². The van der Waals surface area contributed by atoms with E-state index in [1.807, 2.05) is 39.8 Å². The summed E-state index contributed by atoms with van der Waals surface area (Å²) >= 11 is 0. The molecule has 3 heterocycles. The molecule has 35 heavy (non-hydrogen) atoms. The Kier molecular flexibility index (Phi) is 6.26. The van der Waals surface area contributed by atoms with Crippen molar-refractivity contribution in [2.24, 2.45) is 0 Å². The fourth-order valence-electron chi connectivity index (χ4n) is 4.63. The van der Waals surface area contributed by atoms with Crippen LogP contribution in [0, 0.1) is 0 Å². The number of amides is 1. The fraction of sp³-hybridized carbons (Fsp3) is 0.360. The number of imidazole rings is 1. The number of methoxy groups -OCH3 is 2. The Labute approximate surface area is 201 Å². The third kappa shape index (κ3) is 4.51. The van der Waals surface area contributed by atoms with Gasteiger partial charge in [-0.1, -0.05) is 17.3 Å². The number of likely N-dealkylation sites (tertiary alicyclic amines) is 1. The summed E-state index contributed by atoms with van der Waals surface area (Å²) in [7, 11) is 3.14. The van der Waals surface area contributed by atoms with Crippen LogP contribution in [0.25, 0.3) is 22.4 Å². The molecule has 1 fully saturated rings. The number of carbonyl (C=O) groups excluding carboxylic acids is 1. The number of aryl methyl sites for hydroxylation is 1. The van der Waals surface area contributed by atoms with Crippen molar-refractivity contribution in [3.05, 3.63) is 58.8 Å². The van der Waals surface area contributed by atoms with Gasteiger partial charge in [0.2, 0.25) is 17.6 Å². The number of aromatic nitrogens is 4. The van der Waals surface area contributed by atoms with E-state index < -0.39 is 0 Å². The Hall–Kier alpha value is -4.08. The Morgan fingerprint density at radius 2 is 1.89 bits per heavy atom. The largest absolute Gasteiger partial charge is 0.493 e. The average Bonchev–Trinajstić information content (AvgIpc) is 3.50. The second-order valence-electron chi connectivity index (χ2n) is 8.51. The summed E-state index contributed by atoms with van der Waals surface area (Å²) < 4.78 is 17.8. The van der Waals surface area contributed by atoms with Crippen LogP contribution in [0.4, 0.5) is 0 Å². The van der Waals surface area contributed by atoms with Gasteiger partial charge in [0.1, 0.15) is 0 Å². The summed E-state index contributed by atoms with van der Waals surface area (Å²) in [6.45, 7) is 1.21. The quantitative estimate of drug-likeness (QED) is 0.435. The number of nitrogens with zero attached hydrogens (tertiary/aromatic N) is 4. The van der Waals surface area contributed by atoms with Crippen molar-refractivity contribution in [3.63, 3.8) is 0 Å². The molecular weight excluding hydrogens is 450 g/mol. The van der Waals surface area contributed by atoms with E-state index in [0.29, 0.717) is 42.7 Å². The minimum Gasteiger partial charge on any atom is -0.493 e. The van der Waals surface area contributed by atoms with Gasteiger partial charge in [-0.2, -0.15) is 4.98 Å². The summed E-state index contributed by atoms with van der Waals surface area (Å²) in [4.78, 5) is 34.5. The van der Waals surface area contributed by atoms with E-state index in [1.54, 1.807) is 26.4 Å². The Morgan fingerprint density at radius 1 is 1.11 bits per heavy atom. The summed E-state index contributed by atoms with van der Waals surface area (Å²) in [5.74, 6) is 2.07. The second kappa shape index (κ2) is 9.65. The number of benzene rings is 2. The van der Waals surface area contributed by atoms with Crippen LogP contribution in [0.1, 0.15) is 31.2 Å². The number of piperidine rings is 1. The summed E-state index contributed by atoms with van der Waals surface area (Å²) in [5.41, 5.74) is 2.38. The van der Waals surface area contributed by atoms with E-state index in [0.717, 1.165) is 29.4 Å². The number of para-hydroxylation sites is 2. The highest BCUT2D eigenvalue weighted by Crippen LogP contribution is 2.31. The fourth-order valence-corrected chi connectivity index (χ4v) is 4.63. The molecule has 5 rings (SSSR count). The Balaban J connectivity index is 1.17. The van der Waals surface area contributed by atoms with E-state index in [2.05, 4.69) is 15.1 Å². The lowest BCUT2D eigenvalue weighted by molar-refractivity contribution is -0.132. The van der Waals surface area contributed by atoms with Crippen LogP contribution in [0.15, 0.2) is 51.8 Å². The maximum Gasteiger partial charge on any atom is 0.326 e. The van der Waals surface area contributed by atoms with Gasteiger partial charge in [0.15, 0.2) is 11.5 Å². The first kappa shape index (κ1) is 22.7. The van der Waals surface area contributed by atoms with Crippen molar-refractivity contribution in [3.8, 4) is 22.9 Å². The number of hydrogen-bond donors (Lipinski definition) is 1. The van der Waals surface area contributed by atoms with Crippen molar-refractivity contribution in [2.45, 2.75) is 31.7 Å². The zero-order valence-electron chi connectivity index (χ0n) is 19.7. The van der Waals surface area contributed by atoms with Gasteiger partial charge in [0.05, 0.1) is 25.3 Å². The second-order valence-corrected chi connectivity index (χ2v) is 8.51. The molecule has 10 nitrogen and oxygen atoms in total. The molecule has 2 aromatic heterocycles. The molecule has 1 saturated heterocycles. The molecule has 0 atom stereocenters. The van der Waals surface area contributed by atoms with Gasteiger partial charge in [-0.05, 0) is 43.2 Å². The number of rotatable bonds is 7. The number of H-pyrrole nitrogens is 1. The molecule has 1 amide bonds. The van der Waals surface area contributed by atoms with Crippen molar-refractivity contribution in [1.29, 1.82) is 0 Å². The molecule has 0 saturated carbocycles. The number of hydrogen-bond acceptors (Lipinski definition) is 7. The molecular formula is C25H27N5O5. The maximum atomic E-state index is 12.8. The van der Waals surface area contributed by atoms with Gasteiger partial charge in [-0.25, -0.2) is 4.79 Å². The predicted molar refractivity (Wildman–Crippen MR) is 129 cm³/mol. The first-order chi connectivity index (χ1) is 17.1. The molecule has 1 aliphatic rings. The summed E-state index contributed by atoms with van der Waals surface area (Å²) in [6.07, 6.45) is 2.11. The first-order valence-corrected chi connectivity index (χ1v) is 11.6. The zero-order valence-corrected chi connectivity index (χ0v) is 19.7. The number of carbonyl (C=O) groups is 1. The lowest BCUT2D eigenvalue weighted by atomic mass is 10.0. The van der Waals surface area contributed by atoms with E-state index in [4.69, 9.17) is 14.0 Å². The number of ether oxygens (including phenoxy) is 2. The Morgan fingerprint density at radius 3 is 2.66 bits per heavy atom. The molecule has 0 bridgehead atoms. The van der Waals surface area contributed by atoms with Crippen molar-refractivity contribution < 1.29 is 18.8 Å². The molecule has 1 N–H and O–H groups in total. The standard InChI is InChI=1S/C25H27N5O5/c1-33-20-8-7-16(15-21(20)34-2)24-27-22(35-28-24)9-10-23(31)29-13-11-17(12-14-29)30-19-6-4-3-5-18(19)26-25(30)32/h3-8,15,17H,9-14H2,1-2H3,(H,26,32). The van der Waals surface area contributed by atoms with E-state index in [9.17, 15) is 9.59 Å². The molecule has 2 aromatic carbocycles. The van der Waals surface area contributed by atoms with Gasteiger partial charge in [0, 0.05) is 37.5 Å². The smallest absolute Gasteiger partial charge is 0.326 e. The van der Waals surface area contributed by atoms with Gasteiger partial charge in [0.25, 0.3) is 0 Å². The molecule has 0 radical (unpaired) electrons. The van der Waals surface area contributed by atoms with Crippen molar-refractivity contribution >= 4 is 16.9 Å². The van der Waals surface area contributed by atoms with Gasteiger partial charge in [-0.3, -0.25) is 9.36 Å². The predicted octanol–water partition coefficient (Wildman–Crippen LogP) is 3.19. The van der Waals surface area contributed by atoms with Gasteiger partial charge in [-0.15, -0.1) is 0 Å². The highest BCUT2D eigenvalue weighted by molar-refractivity contribution is 5.77. The molecule has 0 unspecified atom stereocenters. The van der Waals surface area contributed by atoms with Crippen LogP contribution in [0.2, 0.25) is 0 Å². The SMILES string of the molecule is COc1ccc(-c2noc(CCC(=O)N3CCC(n4c(=O)[nH]c5ccccc54)CC3)n2)cc1OC. The highest BCUT2D eigenvalue weighted by Gasteiger charge is 2.26. The van der Waals surface area contributed by atoms with Gasteiger partial charge < -0.3 is 23.9 Å². The van der Waals surface area contributed by atoms with Crippen molar-refractivity contribution in [1.82, 2.24) is 24.6 Å². The zero-order chi connectivity index (χ0) is 24.4. The van der Waals surface area contributed by atoms with Crippen molar-refractivity contribution in [2.75, 3.05) is 27.3 Å². The molecule has 10 heteroatoms. The van der Waals surface area contributed by atoms with Crippen LogP contribution in [-0.4, -0.2) is 57.8 Å². The maximum absolute atomic E-state index is 12.8. The van der Waals surface area contributed by atoms with E-state index in [-0.39, 0.29) is 24.1 Å². The first-order valence-electron chi connectivity index (χ1n) is 11.6. The third-order valence-electron chi connectivity index (χ3n) is 6.47. The number of nitrogens with one attached hydrogen (secondary N) is 1. The highest BCUT2D eigenvalue weighted by atomic mass is 16.5. The number of aromatic amines is 1. The van der Waals surface area contributed by atoms with Crippen LogP contribution in [-0.2, 0) is 11.2 Å². The third-order valence-corrected chi connectivity index (χ3v) is 6.47. The molecule has 182 valence electrons. The lowest BCUT2D eigenvalue weighted by Crippen LogP contribution is -2.40. The minimum absolute atomic E-state index is 0.0422. The van der Waals surface area contributed by atoms with Crippen LogP contribution in [0.3, 0.4) is 0 Å². The van der Waals surface area contributed by atoms with Gasteiger partial charge >= 0.3 is 5.69 Å². The molecule has 4 aromatic rings. The van der Waals surface area contributed by atoms with E-state index >= 15 is 0 Å². The Bertz CT molecular complexity index is 1400. The molecule has 0 spiro atoms.